The molecular weight excluding hydrogens is 504 g/mol. The zero-order valence-electron chi connectivity index (χ0n) is 16.6. The molecule has 1 amide bonds. The van der Waals surface area contributed by atoms with Crippen LogP contribution in [-0.2, 0) is 0 Å². The van der Waals surface area contributed by atoms with E-state index in [9.17, 15) is 4.79 Å². The Labute approximate surface area is 197 Å². The first-order valence-electron chi connectivity index (χ1n) is 9.55. The van der Waals surface area contributed by atoms with Crippen LogP contribution in [0.25, 0.3) is 11.3 Å². The van der Waals surface area contributed by atoms with Crippen molar-refractivity contribution in [3.05, 3.63) is 55.5 Å². The molecule has 9 heteroatoms. The monoisotopic (exact) mass is 522 g/mol. The van der Waals surface area contributed by atoms with E-state index in [1.54, 1.807) is 11.3 Å². The van der Waals surface area contributed by atoms with Gasteiger partial charge in [-0.05, 0) is 38.2 Å². The van der Waals surface area contributed by atoms with E-state index in [-0.39, 0.29) is 11.6 Å². The standard InChI is InChI=1S/C21H20BrClN4OS2/c1-12-17(13-3-5-15(22)6-4-13)25-19(30-12)14-7-9-27(10-8-14)20(28)18-16(23)11-24-21(26-18)29-2/h3-6,11,14H,7-10H2,1-2H3. The summed E-state index contributed by atoms with van der Waals surface area (Å²) in [6.07, 6.45) is 5.15. The van der Waals surface area contributed by atoms with Gasteiger partial charge in [0.05, 0.1) is 21.9 Å². The van der Waals surface area contributed by atoms with Gasteiger partial charge >= 0.3 is 0 Å². The molecule has 0 unspecified atom stereocenters. The molecule has 2 aromatic heterocycles. The van der Waals surface area contributed by atoms with Crippen LogP contribution in [0.4, 0.5) is 0 Å². The van der Waals surface area contributed by atoms with E-state index in [2.05, 4.69) is 45.0 Å². The smallest absolute Gasteiger partial charge is 0.274 e. The minimum atomic E-state index is -0.123. The van der Waals surface area contributed by atoms with Crippen LogP contribution < -0.4 is 0 Å². The summed E-state index contributed by atoms with van der Waals surface area (Å²) in [4.78, 5) is 29.4. The normalized spacial score (nSPS) is 14.9. The van der Waals surface area contributed by atoms with E-state index in [4.69, 9.17) is 16.6 Å². The van der Waals surface area contributed by atoms with E-state index in [0.29, 0.717) is 29.2 Å². The molecular formula is C21H20BrClN4OS2. The summed E-state index contributed by atoms with van der Waals surface area (Å²) in [6.45, 7) is 3.47. The van der Waals surface area contributed by atoms with Gasteiger partial charge < -0.3 is 4.90 Å². The Balaban J connectivity index is 1.46. The van der Waals surface area contributed by atoms with Gasteiger partial charge in [-0.3, -0.25) is 4.79 Å². The molecule has 1 aliphatic heterocycles. The molecule has 156 valence electrons. The number of rotatable bonds is 4. The number of carbonyl (C=O) groups is 1. The Bertz CT molecular complexity index is 1070. The van der Waals surface area contributed by atoms with Crippen LogP contribution in [0.3, 0.4) is 0 Å². The summed E-state index contributed by atoms with van der Waals surface area (Å²) < 4.78 is 1.06. The van der Waals surface area contributed by atoms with Gasteiger partial charge in [-0.15, -0.1) is 11.3 Å². The van der Waals surface area contributed by atoms with Crippen molar-refractivity contribution in [1.82, 2.24) is 19.9 Å². The van der Waals surface area contributed by atoms with Gasteiger partial charge in [0.1, 0.15) is 0 Å². The maximum Gasteiger partial charge on any atom is 0.274 e. The summed E-state index contributed by atoms with van der Waals surface area (Å²) in [5.41, 5.74) is 2.48. The van der Waals surface area contributed by atoms with E-state index >= 15 is 0 Å². The molecule has 5 nitrogen and oxygen atoms in total. The predicted molar refractivity (Wildman–Crippen MR) is 127 cm³/mol. The van der Waals surface area contributed by atoms with Crippen molar-refractivity contribution in [2.45, 2.75) is 30.8 Å². The van der Waals surface area contributed by atoms with Crippen LogP contribution >= 0.6 is 50.6 Å². The number of piperidine rings is 1. The lowest BCUT2D eigenvalue weighted by molar-refractivity contribution is 0.0706. The third-order valence-corrected chi connectivity index (χ3v) is 7.67. The summed E-state index contributed by atoms with van der Waals surface area (Å²) in [5, 5.41) is 2.01. The molecule has 4 rings (SSSR count). The number of carbonyl (C=O) groups excluding carboxylic acids is 1. The third kappa shape index (κ3) is 4.56. The van der Waals surface area contributed by atoms with Crippen molar-refractivity contribution >= 4 is 56.5 Å². The van der Waals surface area contributed by atoms with Gasteiger partial charge in [0.15, 0.2) is 10.9 Å². The Hall–Kier alpha value is -1.48. The van der Waals surface area contributed by atoms with Crippen LogP contribution in [0.5, 0.6) is 0 Å². The number of thiazole rings is 1. The number of aryl methyl sites for hydroxylation is 1. The highest BCUT2D eigenvalue weighted by Crippen LogP contribution is 2.36. The molecule has 0 atom stereocenters. The Morgan fingerprint density at radius 3 is 2.60 bits per heavy atom. The minimum absolute atomic E-state index is 0.123. The lowest BCUT2D eigenvalue weighted by Gasteiger charge is -2.31. The Kier molecular flexibility index (Phi) is 6.77. The molecule has 0 aliphatic carbocycles. The molecule has 30 heavy (non-hydrogen) atoms. The number of hydrogen-bond acceptors (Lipinski definition) is 6. The molecule has 3 heterocycles. The number of thioether (sulfide) groups is 1. The van der Waals surface area contributed by atoms with E-state index in [0.717, 1.165) is 33.6 Å². The maximum atomic E-state index is 12.9. The Morgan fingerprint density at radius 1 is 1.23 bits per heavy atom. The van der Waals surface area contributed by atoms with E-state index in [1.807, 2.05) is 23.3 Å². The van der Waals surface area contributed by atoms with Crippen LogP contribution in [-0.4, -0.2) is 45.1 Å². The second-order valence-electron chi connectivity index (χ2n) is 7.08. The van der Waals surface area contributed by atoms with Gasteiger partial charge in [0.2, 0.25) is 0 Å². The fraction of sp³-hybridized carbons (Fsp3) is 0.333. The molecule has 0 saturated carbocycles. The summed E-state index contributed by atoms with van der Waals surface area (Å²) in [7, 11) is 0. The number of benzene rings is 1. The van der Waals surface area contributed by atoms with Gasteiger partial charge in [0, 0.05) is 33.9 Å². The molecule has 1 aromatic carbocycles. The van der Waals surface area contributed by atoms with Crippen molar-refractivity contribution < 1.29 is 4.79 Å². The number of amides is 1. The highest BCUT2D eigenvalue weighted by molar-refractivity contribution is 9.10. The Morgan fingerprint density at radius 2 is 1.93 bits per heavy atom. The number of nitrogens with zero attached hydrogens (tertiary/aromatic N) is 4. The summed E-state index contributed by atoms with van der Waals surface area (Å²) in [6, 6.07) is 8.26. The van der Waals surface area contributed by atoms with Gasteiger partial charge in [0.25, 0.3) is 5.91 Å². The van der Waals surface area contributed by atoms with Crippen LogP contribution in [0.15, 0.2) is 40.1 Å². The average Bonchev–Trinajstić information content (AvgIpc) is 3.16. The quantitative estimate of drug-likeness (QED) is 0.307. The van der Waals surface area contributed by atoms with Crippen molar-refractivity contribution in [3.63, 3.8) is 0 Å². The first-order valence-corrected chi connectivity index (χ1v) is 12.8. The van der Waals surface area contributed by atoms with Crippen LogP contribution in [0, 0.1) is 6.92 Å². The fourth-order valence-corrected chi connectivity index (χ4v) is 5.44. The average molecular weight is 524 g/mol. The highest BCUT2D eigenvalue weighted by atomic mass is 79.9. The molecule has 0 N–H and O–H groups in total. The fourth-order valence-electron chi connectivity index (χ4n) is 3.55. The maximum absolute atomic E-state index is 12.9. The first kappa shape index (κ1) is 21.7. The SMILES string of the molecule is CSc1ncc(Cl)c(C(=O)N2CCC(c3nc(-c4ccc(Br)cc4)c(C)s3)CC2)n1. The molecule has 1 fully saturated rings. The van der Waals surface area contributed by atoms with Crippen molar-refractivity contribution in [2.24, 2.45) is 0 Å². The number of aromatic nitrogens is 3. The molecule has 1 saturated heterocycles. The zero-order valence-corrected chi connectivity index (χ0v) is 20.5. The van der Waals surface area contributed by atoms with Crippen molar-refractivity contribution in [3.8, 4) is 11.3 Å². The van der Waals surface area contributed by atoms with Crippen molar-refractivity contribution in [2.75, 3.05) is 19.3 Å². The zero-order chi connectivity index (χ0) is 21.3. The second kappa shape index (κ2) is 9.34. The molecule has 3 aromatic rings. The third-order valence-electron chi connectivity index (χ3n) is 5.17. The largest absolute Gasteiger partial charge is 0.337 e. The molecule has 0 spiro atoms. The van der Waals surface area contributed by atoms with Crippen molar-refractivity contribution in [1.29, 1.82) is 0 Å². The lowest BCUT2D eigenvalue weighted by Crippen LogP contribution is -2.38. The lowest BCUT2D eigenvalue weighted by atomic mass is 9.97. The highest BCUT2D eigenvalue weighted by Gasteiger charge is 2.29. The van der Waals surface area contributed by atoms with Crippen LogP contribution in [0.2, 0.25) is 5.02 Å². The molecule has 0 bridgehead atoms. The predicted octanol–water partition coefficient (Wildman–Crippen LogP) is 6.07. The first-order chi connectivity index (χ1) is 14.5. The van der Waals surface area contributed by atoms with Gasteiger partial charge in [-0.1, -0.05) is 51.4 Å². The topological polar surface area (TPSA) is 59.0 Å². The molecule has 1 aliphatic rings. The van der Waals surface area contributed by atoms with Crippen LogP contribution in [0.1, 0.15) is 39.1 Å². The van der Waals surface area contributed by atoms with E-state index in [1.165, 1.54) is 22.8 Å². The van der Waals surface area contributed by atoms with Gasteiger partial charge in [-0.25, -0.2) is 15.0 Å². The minimum Gasteiger partial charge on any atom is -0.337 e. The number of hydrogen-bond donors (Lipinski definition) is 0. The second-order valence-corrected chi connectivity index (χ2v) is 10.4. The summed E-state index contributed by atoms with van der Waals surface area (Å²) in [5.74, 6) is 0.242. The molecule has 0 radical (unpaired) electrons. The number of likely N-dealkylation sites (tertiary alicyclic amines) is 1. The summed E-state index contributed by atoms with van der Waals surface area (Å²) >= 11 is 12.8. The van der Waals surface area contributed by atoms with E-state index < -0.39 is 0 Å². The number of halogens is 2. The van der Waals surface area contributed by atoms with Gasteiger partial charge in [-0.2, -0.15) is 0 Å².